The van der Waals surface area contributed by atoms with E-state index in [1.807, 2.05) is 13.0 Å². The second-order valence-electron chi connectivity index (χ2n) is 3.91. The SMILES string of the molecule is COc1ccc(C(O)CC(C)OC)cc1OC. The summed E-state index contributed by atoms with van der Waals surface area (Å²) in [6.07, 6.45) is -0.00531. The Labute approximate surface area is 102 Å². The second-order valence-corrected chi connectivity index (χ2v) is 3.91. The van der Waals surface area contributed by atoms with Crippen molar-refractivity contribution < 1.29 is 19.3 Å². The zero-order chi connectivity index (χ0) is 12.8. The highest BCUT2D eigenvalue weighted by Crippen LogP contribution is 2.31. The first-order chi connectivity index (χ1) is 8.12. The number of hydrogen-bond acceptors (Lipinski definition) is 4. The van der Waals surface area contributed by atoms with Crippen molar-refractivity contribution in [1.29, 1.82) is 0 Å². The van der Waals surface area contributed by atoms with Crippen molar-refractivity contribution in [2.45, 2.75) is 25.6 Å². The van der Waals surface area contributed by atoms with Gasteiger partial charge in [0.15, 0.2) is 11.5 Å². The summed E-state index contributed by atoms with van der Waals surface area (Å²) in [5.41, 5.74) is 0.798. The van der Waals surface area contributed by atoms with Crippen LogP contribution in [0.5, 0.6) is 11.5 Å². The average molecular weight is 240 g/mol. The molecule has 0 aliphatic rings. The molecule has 0 saturated carbocycles. The van der Waals surface area contributed by atoms with Crippen molar-refractivity contribution in [3.05, 3.63) is 23.8 Å². The summed E-state index contributed by atoms with van der Waals surface area (Å²) < 4.78 is 15.5. The van der Waals surface area contributed by atoms with Crippen LogP contribution in [0.2, 0.25) is 0 Å². The molecule has 0 heterocycles. The standard InChI is InChI=1S/C13H20O4/c1-9(15-2)7-11(14)10-5-6-12(16-3)13(8-10)17-4/h5-6,8-9,11,14H,7H2,1-4H3. The molecule has 1 N–H and O–H groups in total. The highest BCUT2D eigenvalue weighted by atomic mass is 16.5. The molecule has 0 aromatic heterocycles. The largest absolute Gasteiger partial charge is 0.493 e. The van der Waals surface area contributed by atoms with Crippen molar-refractivity contribution >= 4 is 0 Å². The Morgan fingerprint density at radius 2 is 1.76 bits per heavy atom. The van der Waals surface area contributed by atoms with Gasteiger partial charge in [0, 0.05) is 13.5 Å². The van der Waals surface area contributed by atoms with Crippen LogP contribution < -0.4 is 9.47 Å². The van der Waals surface area contributed by atoms with Crippen LogP contribution in [-0.2, 0) is 4.74 Å². The minimum Gasteiger partial charge on any atom is -0.493 e. The first-order valence-electron chi connectivity index (χ1n) is 5.55. The van der Waals surface area contributed by atoms with Gasteiger partial charge in [0.2, 0.25) is 0 Å². The maximum atomic E-state index is 10.0. The molecule has 0 spiro atoms. The average Bonchev–Trinajstić information content (AvgIpc) is 2.37. The van der Waals surface area contributed by atoms with Gasteiger partial charge in [-0.25, -0.2) is 0 Å². The van der Waals surface area contributed by atoms with E-state index in [1.165, 1.54) is 0 Å². The van der Waals surface area contributed by atoms with E-state index in [0.717, 1.165) is 5.56 Å². The Bertz CT molecular complexity index is 351. The Balaban J connectivity index is 2.84. The molecule has 0 saturated heterocycles. The van der Waals surface area contributed by atoms with Gasteiger partial charge in [0.1, 0.15) is 0 Å². The van der Waals surface area contributed by atoms with E-state index in [9.17, 15) is 5.11 Å². The molecule has 0 aliphatic heterocycles. The van der Waals surface area contributed by atoms with Gasteiger partial charge in [-0.1, -0.05) is 6.07 Å². The summed E-state index contributed by atoms with van der Waals surface area (Å²) in [6.45, 7) is 1.92. The third-order valence-electron chi connectivity index (χ3n) is 2.75. The van der Waals surface area contributed by atoms with E-state index < -0.39 is 6.10 Å². The zero-order valence-corrected chi connectivity index (χ0v) is 10.8. The summed E-state index contributed by atoms with van der Waals surface area (Å²) in [5.74, 6) is 1.28. The van der Waals surface area contributed by atoms with Crippen LogP contribution in [-0.4, -0.2) is 32.5 Å². The van der Waals surface area contributed by atoms with Gasteiger partial charge in [-0.2, -0.15) is 0 Å². The van der Waals surface area contributed by atoms with Crippen molar-refractivity contribution in [2.75, 3.05) is 21.3 Å². The maximum Gasteiger partial charge on any atom is 0.161 e. The Kier molecular flexibility index (Phi) is 5.25. The second kappa shape index (κ2) is 6.47. The van der Waals surface area contributed by atoms with Crippen molar-refractivity contribution in [3.8, 4) is 11.5 Å². The van der Waals surface area contributed by atoms with Crippen LogP contribution in [0.1, 0.15) is 25.0 Å². The van der Waals surface area contributed by atoms with Gasteiger partial charge < -0.3 is 19.3 Å². The summed E-state index contributed by atoms with van der Waals surface area (Å²) in [6, 6.07) is 5.40. The fourth-order valence-corrected chi connectivity index (χ4v) is 1.61. The fourth-order valence-electron chi connectivity index (χ4n) is 1.61. The number of methoxy groups -OCH3 is 3. The Morgan fingerprint density at radius 1 is 1.12 bits per heavy atom. The van der Waals surface area contributed by atoms with Crippen LogP contribution in [0.25, 0.3) is 0 Å². The van der Waals surface area contributed by atoms with Gasteiger partial charge >= 0.3 is 0 Å². The lowest BCUT2D eigenvalue weighted by molar-refractivity contribution is 0.0558. The van der Waals surface area contributed by atoms with E-state index in [1.54, 1.807) is 33.5 Å². The lowest BCUT2D eigenvalue weighted by atomic mass is 10.0. The van der Waals surface area contributed by atoms with E-state index >= 15 is 0 Å². The summed E-state index contributed by atoms with van der Waals surface area (Å²) >= 11 is 0. The topological polar surface area (TPSA) is 47.9 Å². The van der Waals surface area contributed by atoms with E-state index in [0.29, 0.717) is 17.9 Å². The van der Waals surface area contributed by atoms with Crippen LogP contribution in [0.3, 0.4) is 0 Å². The first-order valence-corrected chi connectivity index (χ1v) is 5.55. The molecule has 1 rings (SSSR count). The number of aliphatic hydroxyl groups is 1. The number of rotatable bonds is 6. The van der Waals surface area contributed by atoms with E-state index in [-0.39, 0.29) is 6.10 Å². The molecule has 0 amide bonds. The fraction of sp³-hybridized carbons (Fsp3) is 0.538. The molecule has 4 heteroatoms. The normalized spacial score (nSPS) is 14.2. The predicted molar refractivity (Wildman–Crippen MR) is 65.6 cm³/mol. The third-order valence-corrected chi connectivity index (χ3v) is 2.75. The van der Waals surface area contributed by atoms with Crippen LogP contribution in [0.4, 0.5) is 0 Å². The van der Waals surface area contributed by atoms with E-state index in [2.05, 4.69) is 0 Å². The minimum atomic E-state index is -0.565. The molecule has 1 aromatic rings. The molecular formula is C13H20O4. The predicted octanol–water partition coefficient (Wildman–Crippen LogP) is 2.16. The maximum absolute atomic E-state index is 10.0. The third kappa shape index (κ3) is 3.61. The van der Waals surface area contributed by atoms with E-state index in [4.69, 9.17) is 14.2 Å². The first kappa shape index (κ1) is 13.8. The minimum absolute atomic E-state index is 0.0121. The summed E-state index contributed by atoms with van der Waals surface area (Å²) in [5, 5.41) is 10.0. The molecule has 0 radical (unpaired) electrons. The molecule has 4 nitrogen and oxygen atoms in total. The molecular weight excluding hydrogens is 220 g/mol. The number of hydrogen-bond donors (Lipinski definition) is 1. The summed E-state index contributed by atoms with van der Waals surface area (Å²) in [7, 11) is 4.79. The highest BCUT2D eigenvalue weighted by molar-refractivity contribution is 5.43. The monoisotopic (exact) mass is 240 g/mol. The van der Waals surface area contributed by atoms with Crippen molar-refractivity contribution in [3.63, 3.8) is 0 Å². The number of aliphatic hydroxyl groups excluding tert-OH is 1. The Hall–Kier alpha value is -1.26. The smallest absolute Gasteiger partial charge is 0.161 e. The van der Waals surface area contributed by atoms with Gasteiger partial charge in [0.25, 0.3) is 0 Å². The van der Waals surface area contributed by atoms with Crippen LogP contribution in [0.15, 0.2) is 18.2 Å². The zero-order valence-electron chi connectivity index (χ0n) is 10.8. The number of ether oxygens (including phenoxy) is 3. The molecule has 1 aromatic carbocycles. The molecule has 0 bridgehead atoms. The Morgan fingerprint density at radius 3 is 2.29 bits per heavy atom. The summed E-state index contributed by atoms with van der Waals surface area (Å²) in [4.78, 5) is 0. The molecule has 2 atom stereocenters. The van der Waals surface area contributed by atoms with Gasteiger partial charge in [-0.05, 0) is 24.6 Å². The van der Waals surface area contributed by atoms with Crippen LogP contribution >= 0.6 is 0 Å². The molecule has 2 unspecified atom stereocenters. The van der Waals surface area contributed by atoms with Crippen molar-refractivity contribution in [1.82, 2.24) is 0 Å². The highest BCUT2D eigenvalue weighted by Gasteiger charge is 2.14. The van der Waals surface area contributed by atoms with Crippen molar-refractivity contribution in [2.24, 2.45) is 0 Å². The molecule has 0 fully saturated rings. The molecule has 96 valence electrons. The lowest BCUT2D eigenvalue weighted by Crippen LogP contribution is -2.11. The lowest BCUT2D eigenvalue weighted by Gasteiger charge is -2.17. The molecule has 17 heavy (non-hydrogen) atoms. The van der Waals surface area contributed by atoms with Gasteiger partial charge in [-0.15, -0.1) is 0 Å². The quantitative estimate of drug-likeness (QED) is 0.827. The number of benzene rings is 1. The van der Waals surface area contributed by atoms with Crippen LogP contribution in [0, 0.1) is 0 Å². The molecule has 0 aliphatic carbocycles. The van der Waals surface area contributed by atoms with Gasteiger partial charge in [0.05, 0.1) is 26.4 Å². The van der Waals surface area contributed by atoms with Gasteiger partial charge in [-0.3, -0.25) is 0 Å².